The summed E-state index contributed by atoms with van der Waals surface area (Å²) in [5, 5.41) is 33.3. The number of halogens is 3. The Labute approximate surface area is 502 Å². The minimum Gasteiger partial charge on any atom is -0.542 e. The molecular weight excluding hydrogens is 1180 g/mol. The Morgan fingerprint density at radius 3 is 1.30 bits per heavy atom. The summed E-state index contributed by atoms with van der Waals surface area (Å²) in [6.07, 6.45) is 9.65. The standard InChI is InChI=1S/C52H61N21O9.C2HF3O2/c1-54-45(75)34-17-29(22-67(34)3)57-47(77)36-19-31(24-69(36)5)58-48(78)37-20-32(25-70(37)6)60-51(81)43-63-39(27-71(43)7)62-41(74)11-9-13-56-46(76)35-18-30(23-68(35)4)59-49(79)38-21-33(26-73(38)15-10-12-53)61-52(82)44-64-40(28-72(44)8)65-50(80)42-55-14-16-66(42)2;3-2(4,5)1(6)7/h14,16-28H,9-13,15,53H2,1-8H3,(H,54,75)(H,56,76)(H,57,77)(H,58,78)(H,59,79)(H,60,81)(H,61,82)(H,62,74)(H,65,80);(H,6,7). The van der Waals surface area contributed by atoms with Crippen molar-refractivity contribution in [2.75, 3.05) is 57.4 Å². The van der Waals surface area contributed by atoms with Crippen LogP contribution >= 0.6 is 0 Å². The first-order chi connectivity index (χ1) is 42.0. The Bertz CT molecular complexity index is 4030. The summed E-state index contributed by atoms with van der Waals surface area (Å²) in [5.41, 5.74) is 6.81. The van der Waals surface area contributed by atoms with Crippen molar-refractivity contribution in [2.24, 2.45) is 49.3 Å². The van der Waals surface area contributed by atoms with E-state index in [0.717, 1.165) is 0 Å². The summed E-state index contributed by atoms with van der Waals surface area (Å²) in [4.78, 5) is 139. The Morgan fingerprint density at radius 2 is 0.876 bits per heavy atom. The van der Waals surface area contributed by atoms with Crippen LogP contribution in [0.5, 0.6) is 0 Å². The maximum absolute atomic E-state index is 13.7. The smallest absolute Gasteiger partial charge is 0.430 e. The number of aryl methyl sites for hydroxylation is 8. The first kappa shape index (κ1) is 65.0. The molecule has 0 spiro atoms. The molecule has 8 rings (SSSR count). The second kappa shape index (κ2) is 27.7. The number of amides is 9. The van der Waals surface area contributed by atoms with E-state index in [1.165, 1.54) is 69.8 Å². The Morgan fingerprint density at radius 1 is 0.483 bits per heavy atom. The molecule has 8 aromatic rings. The van der Waals surface area contributed by atoms with Crippen LogP contribution in [0.25, 0.3) is 0 Å². The molecule has 0 bridgehead atoms. The maximum Gasteiger partial charge on any atom is 0.430 e. The van der Waals surface area contributed by atoms with Gasteiger partial charge in [-0.15, -0.1) is 0 Å². The van der Waals surface area contributed by atoms with Gasteiger partial charge in [0.1, 0.15) is 34.4 Å². The fourth-order valence-electron chi connectivity index (χ4n) is 8.74. The third kappa shape index (κ3) is 16.3. The van der Waals surface area contributed by atoms with Gasteiger partial charge in [0.25, 0.3) is 47.3 Å². The number of hydrogen-bond donors (Lipinski definition) is 10. The van der Waals surface area contributed by atoms with E-state index in [2.05, 4.69) is 68.5 Å². The van der Waals surface area contributed by atoms with Crippen molar-refractivity contribution in [2.45, 2.75) is 32.0 Å². The van der Waals surface area contributed by atoms with Gasteiger partial charge in [-0.2, -0.15) is 13.2 Å². The zero-order valence-corrected chi connectivity index (χ0v) is 49.1. The number of nitrogens with zero attached hydrogens (tertiary/aromatic N) is 11. The number of hydrogen-bond acceptors (Lipinski definition) is 14. The van der Waals surface area contributed by atoms with E-state index >= 15 is 0 Å². The molecule has 470 valence electrons. The van der Waals surface area contributed by atoms with Crippen LogP contribution in [0.4, 0.5) is 53.2 Å². The Kier molecular flexibility index (Phi) is 20.2. The van der Waals surface area contributed by atoms with Crippen LogP contribution in [-0.2, 0) is 65.5 Å². The molecule has 0 aromatic carbocycles. The van der Waals surface area contributed by atoms with Gasteiger partial charge in [0.2, 0.25) is 17.6 Å². The van der Waals surface area contributed by atoms with Gasteiger partial charge in [-0.1, -0.05) is 0 Å². The summed E-state index contributed by atoms with van der Waals surface area (Å²) >= 11 is 0. The lowest BCUT2D eigenvalue weighted by atomic mass is 10.3. The monoisotopic (exact) mass is 1240 g/mol. The van der Waals surface area contributed by atoms with E-state index in [0.29, 0.717) is 48.0 Å². The van der Waals surface area contributed by atoms with Crippen LogP contribution < -0.4 is 58.7 Å². The third-order valence-corrected chi connectivity index (χ3v) is 13.0. The molecule has 0 radical (unpaired) electrons. The average molecular weight is 1240 g/mol. The predicted octanol–water partition coefficient (Wildman–Crippen LogP) is 0.995. The van der Waals surface area contributed by atoms with E-state index in [4.69, 9.17) is 9.90 Å². The number of aliphatic carboxylic acids is 1. The Balaban J connectivity index is 0.00000152. The molecule has 0 aliphatic carbocycles. The van der Waals surface area contributed by atoms with Crippen LogP contribution in [0.3, 0.4) is 0 Å². The number of alkyl halides is 3. The molecule has 89 heavy (non-hydrogen) atoms. The molecule has 0 saturated heterocycles. The first-order valence-electron chi connectivity index (χ1n) is 26.7. The molecule has 9 amide bonds. The van der Waals surface area contributed by atoms with Gasteiger partial charge >= 0.3 is 6.18 Å². The lowest BCUT2D eigenvalue weighted by Crippen LogP contribution is -2.50. The number of imidazole rings is 3. The van der Waals surface area contributed by atoms with E-state index in [9.17, 15) is 56.3 Å². The van der Waals surface area contributed by atoms with Crippen molar-refractivity contribution >= 4 is 99.2 Å². The van der Waals surface area contributed by atoms with Crippen molar-refractivity contribution < 1.29 is 72.0 Å². The molecule has 0 aliphatic heterocycles. The number of aromatic nitrogens is 11. The zero-order chi connectivity index (χ0) is 65.2. The molecule has 0 aliphatic rings. The summed E-state index contributed by atoms with van der Waals surface area (Å²) in [7, 11) is 12.9. The number of carboxylic acids is 1. The topological polar surface area (TPSA) is 408 Å². The second-order valence-electron chi connectivity index (χ2n) is 19.9. The molecule has 0 fully saturated rings. The fraction of sp³-hybridized carbons (Fsp3) is 0.278. The molecule has 0 unspecified atom stereocenters. The van der Waals surface area contributed by atoms with E-state index < -0.39 is 59.4 Å². The van der Waals surface area contributed by atoms with Gasteiger partial charge in [0.05, 0.1) is 35.0 Å². The molecule has 0 atom stereocenters. The quantitative estimate of drug-likeness (QED) is 0.0424. The number of rotatable bonds is 22. The molecule has 12 N–H and O–H groups in total. The third-order valence-electron chi connectivity index (χ3n) is 13.0. The van der Waals surface area contributed by atoms with Crippen molar-refractivity contribution in [3.8, 4) is 0 Å². The van der Waals surface area contributed by atoms with Crippen molar-refractivity contribution in [3.63, 3.8) is 0 Å². The largest absolute Gasteiger partial charge is 0.542 e. The van der Waals surface area contributed by atoms with Gasteiger partial charge in [0, 0.05) is 138 Å². The normalized spacial score (nSPS) is 11.0. The van der Waals surface area contributed by atoms with Crippen LogP contribution in [0, 0.1) is 0 Å². The summed E-state index contributed by atoms with van der Waals surface area (Å²) in [5.74, 6) is -7.02. The molecular formula is C54H62F3N21O11. The van der Waals surface area contributed by atoms with E-state index in [1.54, 1.807) is 109 Å². The van der Waals surface area contributed by atoms with Crippen LogP contribution in [0.1, 0.15) is 104 Å². The predicted molar refractivity (Wildman–Crippen MR) is 310 cm³/mol. The molecule has 32 nitrogen and oxygen atoms in total. The van der Waals surface area contributed by atoms with Gasteiger partial charge < -0.3 is 100 Å². The highest BCUT2D eigenvalue weighted by atomic mass is 19.4. The fourth-order valence-corrected chi connectivity index (χ4v) is 8.74. The zero-order valence-electron chi connectivity index (χ0n) is 49.1. The number of nitrogens with one attached hydrogen (secondary N) is 9. The van der Waals surface area contributed by atoms with Crippen molar-refractivity contribution in [1.82, 2.24) is 62.1 Å². The number of anilines is 7. The second-order valence-corrected chi connectivity index (χ2v) is 19.9. The summed E-state index contributed by atoms with van der Waals surface area (Å²) < 4.78 is 43.8. The number of quaternary nitrogens is 1. The minimum absolute atomic E-state index is 0.00146. The molecule has 35 heteroatoms. The van der Waals surface area contributed by atoms with Crippen molar-refractivity contribution in [1.29, 1.82) is 0 Å². The highest BCUT2D eigenvalue weighted by molar-refractivity contribution is 6.10. The van der Waals surface area contributed by atoms with Gasteiger partial charge in [-0.05, 0) is 36.8 Å². The van der Waals surface area contributed by atoms with Gasteiger partial charge in [-0.25, -0.2) is 15.0 Å². The Hall–Kier alpha value is -11.5. The summed E-state index contributed by atoms with van der Waals surface area (Å²) in [6, 6.07) is 7.53. The van der Waals surface area contributed by atoms with E-state index in [1.807, 2.05) is 0 Å². The molecule has 8 heterocycles. The van der Waals surface area contributed by atoms with E-state index in [-0.39, 0.29) is 82.9 Å². The van der Waals surface area contributed by atoms with Crippen LogP contribution in [-0.4, -0.2) is 137 Å². The average Bonchev–Trinajstić information content (AvgIpc) is 1.87. The highest BCUT2D eigenvalue weighted by Crippen LogP contribution is 2.23. The molecule has 8 aromatic heterocycles. The summed E-state index contributed by atoms with van der Waals surface area (Å²) in [6.45, 7) is 1.13. The number of carbonyl (C=O) groups excluding carboxylic acids is 10. The van der Waals surface area contributed by atoms with Gasteiger partial charge in [0.15, 0.2) is 17.5 Å². The number of carbonyl (C=O) groups is 10. The SMILES string of the molecule is CNC(=O)c1cc(NC(=O)c2cc(NC(=O)c3cc(NC(=O)c4nc(NC(=O)CCCNC(=O)c5cc(NC(=O)c6cc(NC(=O)c7nc(NC(=O)c8nccn8C)cn7C)cn6CCC[NH3+])cn5C)cn4C)cn3C)cn2C)cn1C.O=C([O-])C(F)(F)F. The lowest BCUT2D eigenvalue weighted by molar-refractivity contribution is -0.368. The first-order valence-corrected chi connectivity index (χ1v) is 26.7. The van der Waals surface area contributed by atoms with Crippen molar-refractivity contribution in [3.05, 3.63) is 132 Å². The maximum atomic E-state index is 13.7. The highest BCUT2D eigenvalue weighted by Gasteiger charge is 2.29. The van der Waals surface area contributed by atoms with Gasteiger partial charge in [-0.3, -0.25) is 43.2 Å². The molecule has 0 saturated carbocycles. The lowest BCUT2D eigenvalue weighted by Gasteiger charge is -2.07. The minimum atomic E-state index is -5.19. The van der Waals surface area contributed by atoms with Crippen LogP contribution in [0.15, 0.2) is 86.1 Å². The van der Waals surface area contributed by atoms with Crippen LogP contribution in [0.2, 0.25) is 0 Å². The number of carboxylic acid groups (broad SMARTS) is 1.